The first-order chi connectivity index (χ1) is 10.7. The lowest BCUT2D eigenvalue weighted by Crippen LogP contribution is -2.15. The maximum atomic E-state index is 11.9. The fourth-order valence-electron chi connectivity index (χ4n) is 1.97. The molecule has 22 heavy (non-hydrogen) atoms. The number of ether oxygens (including phenoxy) is 3. The Bertz CT molecular complexity index is 624. The lowest BCUT2D eigenvalue weighted by Gasteiger charge is -2.13. The Labute approximate surface area is 129 Å². The maximum absolute atomic E-state index is 11.9. The van der Waals surface area contributed by atoms with Crippen molar-refractivity contribution in [2.75, 3.05) is 14.2 Å². The van der Waals surface area contributed by atoms with Gasteiger partial charge in [0.05, 0.1) is 14.2 Å². The van der Waals surface area contributed by atoms with Gasteiger partial charge in [0.15, 0.2) is 17.6 Å². The predicted molar refractivity (Wildman–Crippen MR) is 80.7 cm³/mol. The van der Waals surface area contributed by atoms with Crippen LogP contribution in [0.1, 0.15) is 17.2 Å². The van der Waals surface area contributed by atoms with Gasteiger partial charge in [-0.05, 0) is 23.3 Å². The van der Waals surface area contributed by atoms with Gasteiger partial charge in [-0.15, -0.1) is 0 Å². The summed E-state index contributed by atoms with van der Waals surface area (Å²) < 4.78 is 15.4. The van der Waals surface area contributed by atoms with Crippen molar-refractivity contribution in [3.8, 4) is 11.5 Å². The molecule has 0 spiro atoms. The highest BCUT2D eigenvalue weighted by atomic mass is 16.5. The van der Waals surface area contributed by atoms with E-state index < -0.39 is 12.1 Å². The summed E-state index contributed by atoms with van der Waals surface area (Å²) in [7, 11) is 3.00. The van der Waals surface area contributed by atoms with Crippen molar-refractivity contribution in [3.63, 3.8) is 0 Å². The average Bonchev–Trinajstić information content (AvgIpc) is 2.59. The second-order valence-electron chi connectivity index (χ2n) is 4.61. The highest BCUT2D eigenvalue weighted by Crippen LogP contribution is 2.30. The number of hydrogen-bond acceptors (Lipinski definition) is 5. The zero-order chi connectivity index (χ0) is 15.9. The number of aliphatic hydroxyl groups is 1. The average molecular weight is 302 g/mol. The van der Waals surface area contributed by atoms with Gasteiger partial charge in [-0.3, -0.25) is 0 Å². The Balaban J connectivity index is 2.04. The first-order valence-corrected chi connectivity index (χ1v) is 6.76. The van der Waals surface area contributed by atoms with Crippen LogP contribution in [0.3, 0.4) is 0 Å². The van der Waals surface area contributed by atoms with Crippen molar-refractivity contribution < 1.29 is 24.1 Å². The van der Waals surface area contributed by atoms with Gasteiger partial charge in [0.2, 0.25) is 0 Å². The van der Waals surface area contributed by atoms with E-state index in [9.17, 15) is 9.90 Å². The van der Waals surface area contributed by atoms with Crippen molar-refractivity contribution in [1.29, 1.82) is 0 Å². The van der Waals surface area contributed by atoms with E-state index in [0.717, 1.165) is 5.56 Å². The molecule has 2 aromatic rings. The molecule has 0 saturated carbocycles. The molecule has 1 N–H and O–H groups in total. The molecule has 1 unspecified atom stereocenters. The van der Waals surface area contributed by atoms with Gasteiger partial charge < -0.3 is 19.3 Å². The summed E-state index contributed by atoms with van der Waals surface area (Å²) in [6.45, 7) is 0.115. The topological polar surface area (TPSA) is 65.0 Å². The number of hydrogen-bond donors (Lipinski definition) is 1. The summed E-state index contributed by atoms with van der Waals surface area (Å²) >= 11 is 0. The highest BCUT2D eigenvalue weighted by molar-refractivity contribution is 5.76. The van der Waals surface area contributed by atoms with E-state index in [1.807, 2.05) is 30.3 Å². The fourth-order valence-corrected chi connectivity index (χ4v) is 1.97. The Morgan fingerprint density at radius 3 is 2.36 bits per heavy atom. The van der Waals surface area contributed by atoms with Crippen molar-refractivity contribution in [1.82, 2.24) is 0 Å². The standard InChI is InChI=1S/C17H18O5/c1-20-14-9-8-13(10-15(14)21-2)16(18)17(19)22-11-12-6-4-3-5-7-12/h3-10,16,18H,11H2,1-2H3. The lowest BCUT2D eigenvalue weighted by atomic mass is 10.1. The molecule has 0 aliphatic rings. The molecule has 116 valence electrons. The molecule has 5 heteroatoms. The van der Waals surface area contributed by atoms with Crippen LogP contribution >= 0.6 is 0 Å². The molecule has 0 amide bonds. The number of carbonyl (C=O) groups is 1. The number of methoxy groups -OCH3 is 2. The van der Waals surface area contributed by atoms with Gasteiger partial charge in [0.1, 0.15) is 6.61 Å². The van der Waals surface area contributed by atoms with E-state index in [1.165, 1.54) is 14.2 Å². The number of benzene rings is 2. The molecule has 0 bridgehead atoms. The quantitative estimate of drug-likeness (QED) is 0.830. The van der Waals surface area contributed by atoms with Crippen LogP contribution in [0.4, 0.5) is 0 Å². The smallest absolute Gasteiger partial charge is 0.339 e. The summed E-state index contributed by atoms with van der Waals surface area (Å²) in [6, 6.07) is 14.0. The van der Waals surface area contributed by atoms with E-state index in [0.29, 0.717) is 17.1 Å². The molecule has 5 nitrogen and oxygen atoms in total. The largest absolute Gasteiger partial charge is 0.493 e. The maximum Gasteiger partial charge on any atom is 0.339 e. The molecule has 0 aromatic heterocycles. The molecular weight excluding hydrogens is 284 g/mol. The monoisotopic (exact) mass is 302 g/mol. The van der Waals surface area contributed by atoms with E-state index in [-0.39, 0.29) is 6.61 Å². The molecule has 0 radical (unpaired) electrons. The fraction of sp³-hybridized carbons (Fsp3) is 0.235. The normalized spacial score (nSPS) is 11.6. The third-order valence-corrected chi connectivity index (χ3v) is 3.17. The number of rotatable bonds is 6. The Hall–Kier alpha value is -2.53. The minimum absolute atomic E-state index is 0.115. The third kappa shape index (κ3) is 3.77. The van der Waals surface area contributed by atoms with Crippen molar-refractivity contribution in [2.45, 2.75) is 12.7 Å². The SMILES string of the molecule is COc1ccc(C(O)C(=O)OCc2ccccc2)cc1OC. The minimum Gasteiger partial charge on any atom is -0.493 e. The third-order valence-electron chi connectivity index (χ3n) is 3.17. The van der Waals surface area contributed by atoms with Crippen LogP contribution in [0.2, 0.25) is 0 Å². The van der Waals surface area contributed by atoms with Crippen molar-refractivity contribution >= 4 is 5.97 Å². The molecule has 0 fully saturated rings. The van der Waals surface area contributed by atoms with Crippen LogP contribution in [0, 0.1) is 0 Å². The zero-order valence-corrected chi connectivity index (χ0v) is 12.5. The molecule has 2 rings (SSSR count). The van der Waals surface area contributed by atoms with E-state index in [1.54, 1.807) is 18.2 Å². The lowest BCUT2D eigenvalue weighted by molar-refractivity contribution is -0.155. The molecule has 2 aromatic carbocycles. The number of esters is 1. The van der Waals surface area contributed by atoms with Gasteiger partial charge in [-0.1, -0.05) is 36.4 Å². The van der Waals surface area contributed by atoms with E-state index in [2.05, 4.69) is 0 Å². The van der Waals surface area contributed by atoms with E-state index in [4.69, 9.17) is 14.2 Å². The van der Waals surface area contributed by atoms with Crippen LogP contribution in [0.25, 0.3) is 0 Å². The first-order valence-electron chi connectivity index (χ1n) is 6.76. The molecule has 0 aliphatic carbocycles. The molecule has 0 heterocycles. The Morgan fingerprint density at radius 2 is 1.73 bits per heavy atom. The van der Waals surface area contributed by atoms with Gasteiger partial charge in [-0.25, -0.2) is 4.79 Å². The van der Waals surface area contributed by atoms with Crippen LogP contribution in [-0.2, 0) is 16.1 Å². The number of aliphatic hydroxyl groups excluding tert-OH is 1. The summed E-state index contributed by atoms with van der Waals surface area (Å²) in [5, 5.41) is 10.1. The molecular formula is C17H18O5. The summed E-state index contributed by atoms with van der Waals surface area (Å²) in [4.78, 5) is 11.9. The summed E-state index contributed by atoms with van der Waals surface area (Å²) in [5.41, 5.74) is 1.24. The summed E-state index contributed by atoms with van der Waals surface area (Å²) in [6.07, 6.45) is -1.37. The van der Waals surface area contributed by atoms with Gasteiger partial charge in [-0.2, -0.15) is 0 Å². The molecule has 0 saturated heterocycles. The zero-order valence-electron chi connectivity index (χ0n) is 12.5. The van der Waals surface area contributed by atoms with Gasteiger partial charge in [0.25, 0.3) is 0 Å². The Morgan fingerprint density at radius 1 is 1.05 bits per heavy atom. The second kappa shape index (κ2) is 7.47. The predicted octanol–water partition coefficient (Wildman–Crippen LogP) is 2.48. The van der Waals surface area contributed by atoms with Gasteiger partial charge >= 0.3 is 5.97 Å². The Kier molecular flexibility index (Phi) is 5.38. The summed E-state index contributed by atoms with van der Waals surface area (Å²) in [5.74, 6) is 0.252. The molecule has 0 aliphatic heterocycles. The van der Waals surface area contributed by atoms with Gasteiger partial charge in [0, 0.05) is 0 Å². The van der Waals surface area contributed by atoms with E-state index >= 15 is 0 Å². The van der Waals surface area contributed by atoms with Crippen LogP contribution < -0.4 is 9.47 Å². The molecule has 1 atom stereocenters. The second-order valence-corrected chi connectivity index (χ2v) is 4.61. The van der Waals surface area contributed by atoms with Crippen molar-refractivity contribution in [3.05, 3.63) is 59.7 Å². The highest BCUT2D eigenvalue weighted by Gasteiger charge is 2.20. The minimum atomic E-state index is -1.37. The van der Waals surface area contributed by atoms with Crippen LogP contribution in [-0.4, -0.2) is 25.3 Å². The van der Waals surface area contributed by atoms with Crippen LogP contribution in [0.5, 0.6) is 11.5 Å². The first kappa shape index (κ1) is 15.9. The van der Waals surface area contributed by atoms with Crippen molar-refractivity contribution in [2.24, 2.45) is 0 Å². The number of carbonyl (C=O) groups excluding carboxylic acids is 1. The van der Waals surface area contributed by atoms with Crippen LogP contribution in [0.15, 0.2) is 48.5 Å².